The summed E-state index contributed by atoms with van der Waals surface area (Å²) in [5.74, 6) is 0.630. The number of hydrogen-bond donors (Lipinski definition) is 0. The smallest absolute Gasteiger partial charge is 0.314 e. The number of ether oxygens (including phenoxy) is 2. The van der Waals surface area contributed by atoms with E-state index in [0.29, 0.717) is 37.4 Å². The van der Waals surface area contributed by atoms with Gasteiger partial charge >= 0.3 is 5.97 Å². The highest BCUT2D eigenvalue weighted by atomic mass is 16.6. The largest absolute Gasteiger partial charge is 0.493 e. The van der Waals surface area contributed by atoms with Gasteiger partial charge in [0.25, 0.3) is 0 Å². The minimum atomic E-state index is -0.252. The number of esters is 1. The van der Waals surface area contributed by atoms with E-state index in [-0.39, 0.29) is 17.8 Å². The van der Waals surface area contributed by atoms with E-state index in [2.05, 4.69) is 0 Å². The molecule has 0 radical (unpaired) electrons. The third-order valence-electron chi connectivity index (χ3n) is 3.55. The van der Waals surface area contributed by atoms with Gasteiger partial charge in [-0.3, -0.25) is 9.59 Å². The fraction of sp³-hybridized carbons (Fsp3) is 0.467. The van der Waals surface area contributed by atoms with Crippen molar-refractivity contribution >= 4 is 11.9 Å². The summed E-state index contributed by atoms with van der Waals surface area (Å²) in [6.45, 7) is 2.77. The molecule has 1 heterocycles. The molecule has 5 nitrogen and oxygen atoms in total. The molecule has 0 aliphatic carbocycles. The van der Waals surface area contributed by atoms with Crippen molar-refractivity contribution in [2.24, 2.45) is 5.92 Å². The van der Waals surface area contributed by atoms with E-state index in [1.165, 1.54) is 7.11 Å². The number of carbonyl (C=O) groups excluding carboxylic acids is 2. The van der Waals surface area contributed by atoms with Crippen LogP contribution in [0.1, 0.15) is 19.8 Å². The van der Waals surface area contributed by atoms with Gasteiger partial charge in [-0.1, -0.05) is 12.1 Å². The number of benzene rings is 1. The van der Waals surface area contributed by atoms with Gasteiger partial charge in [0.05, 0.1) is 13.0 Å². The maximum absolute atomic E-state index is 12.1. The van der Waals surface area contributed by atoms with Gasteiger partial charge in [0.2, 0.25) is 5.91 Å². The molecule has 108 valence electrons. The predicted octanol–water partition coefficient (Wildman–Crippen LogP) is 1.86. The van der Waals surface area contributed by atoms with Crippen LogP contribution in [0.2, 0.25) is 0 Å². The monoisotopic (exact) mass is 277 g/mol. The van der Waals surface area contributed by atoms with Crippen LogP contribution in [-0.2, 0) is 9.59 Å². The minimum Gasteiger partial charge on any atom is -0.493 e. The quantitative estimate of drug-likeness (QED) is 0.625. The molecule has 5 heteroatoms. The Kier molecular flexibility index (Phi) is 4.61. The van der Waals surface area contributed by atoms with Crippen LogP contribution >= 0.6 is 0 Å². The van der Waals surface area contributed by atoms with Crippen molar-refractivity contribution in [3.8, 4) is 11.5 Å². The van der Waals surface area contributed by atoms with Crippen molar-refractivity contribution in [2.75, 3.05) is 20.2 Å². The summed E-state index contributed by atoms with van der Waals surface area (Å²) in [6.07, 6.45) is 1.29. The van der Waals surface area contributed by atoms with Crippen LogP contribution in [0, 0.1) is 5.92 Å². The lowest BCUT2D eigenvalue weighted by atomic mass is 9.97. The fourth-order valence-electron chi connectivity index (χ4n) is 2.32. The van der Waals surface area contributed by atoms with E-state index in [0.717, 1.165) is 0 Å². The van der Waals surface area contributed by atoms with Crippen LogP contribution < -0.4 is 9.47 Å². The highest BCUT2D eigenvalue weighted by Gasteiger charge is 2.27. The summed E-state index contributed by atoms with van der Waals surface area (Å²) in [6, 6.07) is 7.08. The molecule has 1 fully saturated rings. The topological polar surface area (TPSA) is 55.8 Å². The van der Waals surface area contributed by atoms with E-state index in [4.69, 9.17) is 9.47 Å². The molecule has 1 aromatic carbocycles. The Hall–Kier alpha value is -2.04. The lowest BCUT2D eigenvalue weighted by Gasteiger charge is -2.30. The van der Waals surface area contributed by atoms with Gasteiger partial charge in [-0.15, -0.1) is 0 Å². The van der Waals surface area contributed by atoms with Gasteiger partial charge in [-0.2, -0.15) is 0 Å². The number of nitrogens with zero attached hydrogens (tertiary/aromatic N) is 1. The molecular weight excluding hydrogens is 258 g/mol. The van der Waals surface area contributed by atoms with Crippen molar-refractivity contribution in [2.45, 2.75) is 19.8 Å². The molecule has 2 rings (SSSR count). The molecule has 0 saturated carbocycles. The van der Waals surface area contributed by atoms with Crippen LogP contribution in [-0.4, -0.2) is 37.0 Å². The first-order chi connectivity index (χ1) is 9.61. The number of methoxy groups -OCH3 is 1. The van der Waals surface area contributed by atoms with Gasteiger partial charge in [0.15, 0.2) is 11.5 Å². The lowest BCUT2D eigenvalue weighted by Crippen LogP contribution is -2.40. The second-order valence-electron chi connectivity index (χ2n) is 4.85. The van der Waals surface area contributed by atoms with Crippen LogP contribution in [0.3, 0.4) is 0 Å². The predicted molar refractivity (Wildman–Crippen MR) is 73.6 cm³/mol. The second-order valence-corrected chi connectivity index (χ2v) is 4.85. The van der Waals surface area contributed by atoms with Crippen molar-refractivity contribution in [1.82, 2.24) is 4.90 Å². The zero-order chi connectivity index (χ0) is 14.5. The Balaban J connectivity index is 1.94. The van der Waals surface area contributed by atoms with E-state index in [9.17, 15) is 9.59 Å². The van der Waals surface area contributed by atoms with Crippen molar-refractivity contribution in [3.05, 3.63) is 24.3 Å². The van der Waals surface area contributed by atoms with E-state index in [1.807, 2.05) is 6.07 Å². The standard InChI is InChI=1S/C15H19NO4/c1-11(17)16-9-7-12(8-10-16)15(18)20-14-6-4-3-5-13(14)19-2/h3-6,12H,7-10H2,1-2H3. The lowest BCUT2D eigenvalue weighted by molar-refractivity contribution is -0.143. The Bertz CT molecular complexity index is 492. The number of carbonyl (C=O) groups is 2. The number of piperidine rings is 1. The Morgan fingerprint density at radius 3 is 2.30 bits per heavy atom. The normalized spacial score (nSPS) is 15.8. The van der Waals surface area contributed by atoms with Gasteiger partial charge in [-0.05, 0) is 25.0 Å². The summed E-state index contributed by atoms with van der Waals surface area (Å²) < 4.78 is 10.6. The van der Waals surface area contributed by atoms with Crippen molar-refractivity contribution in [3.63, 3.8) is 0 Å². The SMILES string of the molecule is COc1ccccc1OC(=O)C1CCN(C(C)=O)CC1. The summed E-state index contributed by atoms with van der Waals surface area (Å²) >= 11 is 0. The molecule has 1 amide bonds. The van der Waals surface area contributed by atoms with E-state index < -0.39 is 0 Å². The van der Waals surface area contributed by atoms with Gasteiger partial charge in [0, 0.05) is 20.0 Å². The number of likely N-dealkylation sites (tertiary alicyclic amines) is 1. The number of rotatable bonds is 3. The first kappa shape index (κ1) is 14.4. The summed E-state index contributed by atoms with van der Waals surface area (Å²) in [5, 5.41) is 0. The third kappa shape index (κ3) is 3.29. The molecule has 1 aromatic rings. The van der Waals surface area contributed by atoms with Gasteiger partial charge in [0.1, 0.15) is 0 Å². The second kappa shape index (κ2) is 6.41. The molecule has 1 aliphatic rings. The van der Waals surface area contributed by atoms with Crippen LogP contribution in [0.25, 0.3) is 0 Å². The molecule has 20 heavy (non-hydrogen) atoms. The first-order valence-corrected chi connectivity index (χ1v) is 6.72. The van der Waals surface area contributed by atoms with E-state index >= 15 is 0 Å². The zero-order valence-electron chi connectivity index (χ0n) is 11.8. The summed E-state index contributed by atoms with van der Waals surface area (Å²) in [4.78, 5) is 25.1. The minimum absolute atomic E-state index is 0.0570. The molecule has 0 spiro atoms. The Labute approximate surface area is 118 Å². The number of para-hydroxylation sites is 2. The fourth-order valence-corrected chi connectivity index (χ4v) is 2.32. The average Bonchev–Trinajstić information content (AvgIpc) is 2.48. The van der Waals surface area contributed by atoms with Gasteiger partial charge < -0.3 is 14.4 Å². The van der Waals surface area contributed by atoms with Crippen molar-refractivity contribution < 1.29 is 19.1 Å². The maximum Gasteiger partial charge on any atom is 0.314 e. The molecule has 1 saturated heterocycles. The molecule has 0 aromatic heterocycles. The molecule has 0 atom stereocenters. The Morgan fingerprint density at radius 2 is 1.75 bits per heavy atom. The van der Waals surface area contributed by atoms with Crippen LogP contribution in [0.5, 0.6) is 11.5 Å². The molecule has 0 bridgehead atoms. The molecular formula is C15H19NO4. The third-order valence-corrected chi connectivity index (χ3v) is 3.55. The van der Waals surface area contributed by atoms with Crippen LogP contribution in [0.4, 0.5) is 0 Å². The summed E-state index contributed by atoms with van der Waals surface area (Å²) in [7, 11) is 1.54. The number of amides is 1. The highest BCUT2D eigenvalue weighted by molar-refractivity contribution is 5.77. The summed E-state index contributed by atoms with van der Waals surface area (Å²) in [5.41, 5.74) is 0. The Morgan fingerprint density at radius 1 is 1.15 bits per heavy atom. The van der Waals surface area contributed by atoms with Gasteiger partial charge in [-0.25, -0.2) is 0 Å². The average molecular weight is 277 g/mol. The number of hydrogen-bond acceptors (Lipinski definition) is 4. The van der Waals surface area contributed by atoms with Crippen LogP contribution in [0.15, 0.2) is 24.3 Å². The molecule has 0 unspecified atom stereocenters. The molecule has 1 aliphatic heterocycles. The first-order valence-electron chi connectivity index (χ1n) is 6.72. The van der Waals surface area contributed by atoms with E-state index in [1.54, 1.807) is 30.0 Å². The highest BCUT2D eigenvalue weighted by Crippen LogP contribution is 2.28. The maximum atomic E-state index is 12.1. The molecule has 0 N–H and O–H groups in total. The van der Waals surface area contributed by atoms with Crippen molar-refractivity contribution in [1.29, 1.82) is 0 Å². The zero-order valence-corrected chi connectivity index (χ0v) is 11.8.